The molecule has 1 aromatic rings. The highest BCUT2D eigenvalue weighted by atomic mass is 16.5. The van der Waals surface area contributed by atoms with Crippen molar-refractivity contribution < 1.29 is 4.52 Å². The van der Waals surface area contributed by atoms with Crippen molar-refractivity contribution in [2.45, 2.75) is 52.2 Å². The lowest BCUT2D eigenvalue weighted by molar-refractivity contribution is 0.263. The van der Waals surface area contributed by atoms with E-state index in [0.717, 1.165) is 30.5 Å². The Morgan fingerprint density at radius 3 is 2.78 bits per heavy atom. The summed E-state index contributed by atoms with van der Waals surface area (Å²) in [6, 6.07) is 2.06. The van der Waals surface area contributed by atoms with Crippen molar-refractivity contribution >= 4 is 0 Å². The fourth-order valence-electron chi connectivity index (χ4n) is 1.94. The lowest BCUT2D eigenvalue weighted by atomic mass is 10.1. The highest BCUT2D eigenvalue weighted by Gasteiger charge is 2.23. The van der Waals surface area contributed by atoms with Gasteiger partial charge in [-0.05, 0) is 46.6 Å². The van der Waals surface area contributed by atoms with E-state index in [4.69, 9.17) is 4.52 Å². The molecular formula is C14H25N3O. The Balaban J connectivity index is 1.77. The van der Waals surface area contributed by atoms with Crippen LogP contribution in [-0.2, 0) is 13.1 Å². The number of aromatic nitrogens is 1. The Hall–Kier alpha value is -0.870. The van der Waals surface area contributed by atoms with Gasteiger partial charge in [-0.2, -0.15) is 0 Å². The summed E-state index contributed by atoms with van der Waals surface area (Å²) < 4.78 is 5.37. The van der Waals surface area contributed by atoms with Crippen LogP contribution in [0.15, 0.2) is 10.6 Å². The molecule has 0 atom stereocenters. The molecule has 4 nitrogen and oxygen atoms in total. The topological polar surface area (TPSA) is 41.3 Å². The summed E-state index contributed by atoms with van der Waals surface area (Å²) >= 11 is 0. The van der Waals surface area contributed by atoms with Gasteiger partial charge in [0, 0.05) is 24.7 Å². The molecule has 1 aromatic heterocycles. The van der Waals surface area contributed by atoms with Crippen LogP contribution in [0, 0.1) is 5.92 Å². The molecule has 0 unspecified atom stereocenters. The predicted octanol–water partition coefficient (Wildman–Crippen LogP) is 2.40. The minimum Gasteiger partial charge on any atom is -0.360 e. The summed E-state index contributed by atoms with van der Waals surface area (Å²) in [5.41, 5.74) is 1.10. The van der Waals surface area contributed by atoms with Crippen LogP contribution in [-0.4, -0.2) is 29.2 Å². The van der Waals surface area contributed by atoms with Crippen molar-refractivity contribution in [2.75, 3.05) is 13.6 Å². The molecule has 1 aliphatic carbocycles. The van der Waals surface area contributed by atoms with E-state index in [1.54, 1.807) is 0 Å². The highest BCUT2D eigenvalue weighted by Crippen LogP contribution is 2.29. The molecule has 1 aliphatic rings. The van der Waals surface area contributed by atoms with Gasteiger partial charge in [0.25, 0.3) is 0 Å². The molecule has 0 aromatic carbocycles. The van der Waals surface area contributed by atoms with Gasteiger partial charge in [0.05, 0.1) is 12.2 Å². The van der Waals surface area contributed by atoms with Crippen molar-refractivity contribution in [3.05, 3.63) is 17.5 Å². The third-order valence-corrected chi connectivity index (χ3v) is 3.10. The summed E-state index contributed by atoms with van der Waals surface area (Å²) in [5, 5.41) is 7.51. The van der Waals surface area contributed by atoms with Crippen LogP contribution >= 0.6 is 0 Å². The Bertz CT molecular complexity index is 377. The molecule has 1 N–H and O–H groups in total. The van der Waals surface area contributed by atoms with Gasteiger partial charge in [0.15, 0.2) is 5.76 Å². The molecule has 102 valence electrons. The molecule has 18 heavy (non-hydrogen) atoms. The molecule has 1 fully saturated rings. The summed E-state index contributed by atoms with van der Waals surface area (Å²) in [7, 11) is 2.15. The lowest BCUT2D eigenvalue weighted by Crippen LogP contribution is -2.35. The van der Waals surface area contributed by atoms with Crippen LogP contribution in [0.1, 0.15) is 45.1 Å². The largest absolute Gasteiger partial charge is 0.360 e. The third kappa shape index (κ3) is 4.78. The SMILES string of the molecule is CN(Cc1cc(CNC(C)(C)C)no1)CC1CC1. The zero-order valence-electron chi connectivity index (χ0n) is 12.0. The quantitative estimate of drug-likeness (QED) is 0.843. The first-order valence-electron chi connectivity index (χ1n) is 6.80. The molecule has 4 heteroatoms. The lowest BCUT2D eigenvalue weighted by Gasteiger charge is -2.19. The van der Waals surface area contributed by atoms with Crippen molar-refractivity contribution in [1.82, 2.24) is 15.4 Å². The highest BCUT2D eigenvalue weighted by molar-refractivity contribution is 5.05. The fourth-order valence-corrected chi connectivity index (χ4v) is 1.94. The van der Waals surface area contributed by atoms with Crippen molar-refractivity contribution in [1.29, 1.82) is 0 Å². The molecule has 0 bridgehead atoms. The second-order valence-corrected chi connectivity index (χ2v) is 6.53. The summed E-state index contributed by atoms with van der Waals surface area (Å²) in [4.78, 5) is 2.32. The normalized spacial score (nSPS) is 16.5. The Labute approximate surface area is 110 Å². The van der Waals surface area contributed by atoms with Gasteiger partial charge in [-0.3, -0.25) is 4.90 Å². The molecule has 1 heterocycles. The monoisotopic (exact) mass is 251 g/mol. The maximum Gasteiger partial charge on any atom is 0.151 e. The van der Waals surface area contributed by atoms with Crippen LogP contribution in [0.3, 0.4) is 0 Å². The van der Waals surface area contributed by atoms with E-state index in [-0.39, 0.29) is 5.54 Å². The molecular weight excluding hydrogens is 226 g/mol. The van der Waals surface area contributed by atoms with E-state index >= 15 is 0 Å². The van der Waals surface area contributed by atoms with Crippen LogP contribution in [0.2, 0.25) is 0 Å². The smallest absolute Gasteiger partial charge is 0.151 e. The number of nitrogens with one attached hydrogen (secondary N) is 1. The number of hydrogen-bond donors (Lipinski definition) is 1. The molecule has 0 radical (unpaired) electrons. The second kappa shape index (κ2) is 5.41. The Morgan fingerprint density at radius 2 is 2.17 bits per heavy atom. The zero-order chi connectivity index (χ0) is 13.2. The average Bonchev–Trinajstić information content (AvgIpc) is 2.93. The van der Waals surface area contributed by atoms with Gasteiger partial charge in [-0.15, -0.1) is 0 Å². The van der Waals surface area contributed by atoms with Crippen LogP contribution in [0.5, 0.6) is 0 Å². The van der Waals surface area contributed by atoms with E-state index in [2.05, 4.69) is 49.3 Å². The van der Waals surface area contributed by atoms with E-state index in [1.807, 2.05) is 0 Å². The minimum atomic E-state index is 0.113. The van der Waals surface area contributed by atoms with Crippen molar-refractivity contribution in [2.24, 2.45) is 5.92 Å². The summed E-state index contributed by atoms with van der Waals surface area (Å²) in [5.74, 6) is 1.88. The minimum absolute atomic E-state index is 0.113. The van der Waals surface area contributed by atoms with Crippen molar-refractivity contribution in [3.63, 3.8) is 0 Å². The van der Waals surface area contributed by atoms with Gasteiger partial charge in [-0.1, -0.05) is 5.16 Å². The van der Waals surface area contributed by atoms with Gasteiger partial charge in [0.1, 0.15) is 0 Å². The fraction of sp³-hybridized carbons (Fsp3) is 0.786. The van der Waals surface area contributed by atoms with Crippen molar-refractivity contribution in [3.8, 4) is 0 Å². The van der Waals surface area contributed by atoms with Crippen LogP contribution < -0.4 is 5.32 Å². The number of nitrogens with zero attached hydrogens (tertiary/aromatic N) is 2. The van der Waals surface area contributed by atoms with Crippen LogP contribution in [0.4, 0.5) is 0 Å². The number of rotatable bonds is 6. The van der Waals surface area contributed by atoms with Gasteiger partial charge in [-0.25, -0.2) is 0 Å². The summed E-state index contributed by atoms with van der Waals surface area (Å²) in [6.07, 6.45) is 2.78. The molecule has 0 spiro atoms. The first-order chi connectivity index (χ1) is 8.42. The average molecular weight is 251 g/mol. The first-order valence-corrected chi connectivity index (χ1v) is 6.80. The number of hydrogen-bond acceptors (Lipinski definition) is 4. The molecule has 0 amide bonds. The third-order valence-electron chi connectivity index (χ3n) is 3.10. The van der Waals surface area contributed by atoms with Crippen LogP contribution in [0.25, 0.3) is 0 Å². The summed E-state index contributed by atoms with van der Waals surface area (Å²) in [6.45, 7) is 9.25. The molecule has 0 saturated heterocycles. The standard InChI is InChI=1S/C14H25N3O/c1-14(2,3)15-8-12-7-13(18-16-12)10-17(4)9-11-5-6-11/h7,11,15H,5-6,8-10H2,1-4H3. The predicted molar refractivity (Wildman–Crippen MR) is 72.2 cm³/mol. The molecule has 2 rings (SSSR count). The molecule has 0 aliphatic heterocycles. The van der Waals surface area contributed by atoms with E-state index in [9.17, 15) is 0 Å². The first kappa shape index (κ1) is 13.6. The zero-order valence-corrected chi connectivity index (χ0v) is 12.0. The van der Waals surface area contributed by atoms with E-state index < -0.39 is 0 Å². The molecule has 1 saturated carbocycles. The van der Waals surface area contributed by atoms with Gasteiger partial charge < -0.3 is 9.84 Å². The van der Waals surface area contributed by atoms with E-state index in [0.29, 0.717) is 0 Å². The maximum absolute atomic E-state index is 5.37. The maximum atomic E-state index is 5.37. The Kier molecular flexibility index (Phi) is 4.07. The second-order valence-electron chi connectivity index (χ2n) is 6.53. The van der Waals surface area contributed by atoms with Gasteiger partial charge >= 0.3 is 0 Å². The van der Waals surface area contributed by atoms with E-state index in [1.165, 1.54) is 19.4 Å². The van der Waals surface area contributed by atoms with Gasteiger partial charge in [0.2, 0.25) is 0 Å². The Morgan fingerprint density at radius 1 is 1.44 bits per heavy atom.